The summed E-state index contributed by atoms with van der Waals surface area (Å²) in [5.74, 6) is -2.06. The predicted molar refractivity (Wildman–Crippen MR) is 86.7 cm³/mol. The van der Waals surface area contributed by atoms with E-state index in [1.165, 1.54) is 0 Å². The molecule has 0 aromatic heterocycles. The normalized spacial score (nSPS) is 13.7. The summed E-state index contributed by atoms with van der Waals surface area (Å²) in [6.07, 6.45) is -0.524. The van der Waals surface area contributed by atoms with Crippen molar-refractivity contribution < 1.29 is 61.6 Å². The van der Waals surface area contributed by atoms with E-state index < -0.39 is 49.9 Å². The van der Waals surface area contributed by atoms with Gasteiger partial charge in [0.1, 0.15) is 10.1 Å². The van der Waals surface area contributed by atoms with E-state index in [0.29, 0.717) is 0 Å². The van der Waals surface area contributed by atoms with Crippen LogP contribution in [0, 0.1) is 0 Å². The minimum absolute atomic E-state index is 0. The van der Waals surface area contributed by atoms with Gasteiger partial charge in [-0.25, -0.2) is 8.42 Å². The van der Waals surface area contributed by atoms with Gasteiger partial charge in [0.25, 0.3) is 0 Å². The third-order valence-corrected chi connectivity index (χ3v) is 5.35. The molecule has 0 rings (SSSR count). The second-order valence-corrected chi connectivity index (χ2v) is 19.9. The number of hydrogen-bond donors (Lipinski definition) is 0. The maximum absolute atomic E-state index is 11.8. The van der Waals surface area contributed by atoms with Crippen LogP contribution in [-0.4, -0.2) is 58.8 Å². The van der Waals surface area contributed by atoms with Gasteiger partial charge in [-0.15, -0.1) is 0 Å². The molecule has 0 aromatic rings. The quantitative estimate of drug-likeness (QED) is 0.270. The first-order valence-electron chi connectivity index (χ1n) is 6.89. The Hall–Kier alpha value is 0.284. The molecule has 0 aromatic carbocycles. The number of carbonyl (C=O) groups excluding carboxylic acids is 2. The maximum Gasteiger partial charge on any atom is 1.00 e. The van der Waals surface area contributed by atoms with Gasteiger partial charge in [0.2, 0.25) is 0 Å². The molecule has 23 heavy (non-hydrogen) atoms. The van der Waals surface area contributed by atoms with E-state index in [-0.39, 0.29) is 42.0 Å². The van der Waals surface area contributed by atoms with Crippen LogP contribution in [-0.2, 0) is 29.2 Å². The van der Waals surface area contributed by atoms with Crippen LogP contribution in [0.5, 0.6) is 0 Å². The number of carbonyl (C=O) groups is 2. The molecule has 0 saturated heterocycles. The summed E-state index contributed by atoms with van der Waals surface area (Å²) in [6.45, 7) is 11.6. The average Bonchev–Trinajstić information content (AvgIpc) is 2.27. The summed E-state index contributed by atoms with van der Waals surface area (Å²) in [5, 5.41) is -2.04. The summed E-state index contributed by atoms with van der Waals surface area (Å²) in [7, 11) is -8.40. The van der Waals surface area contributed by atoms with Gasteiger partial charge < -0.3 is 14.0 Å². The van der Waals surface area contributed by atoms with Gasteiger partial charge in [-0.2, -0.15) is 0 Å². The number of rotatable bonds is 8. The van der Waals surface area contributed by atoms with Crippen molar-refractivity contribution in [3.8, 4) is 0 Å². The smallest absolute Gasteiger partial charge is 0.747 e. The van der Waals surface area contributed by atoms with Gasteiger partial charge in [0.15, 0.2) is 5.25 Å². The van der Waals surface area contributed by atoms with E-state index in [2.05, 4.69) is 0 Å². The van der Waals surface area contributed by atoms with Gasteiger partial charge in [0, 0.05) is 0 Å². The van der Waals surface area contributed by atoms with E-state index >= 15 is 0 Å². The zero-order valence-corrected chi connectivity index (χ0v) is 19.8. The van der Waals surface area contributed by atoms with Crippen LogP contribution in [0.2, 0.25) is 39.3 Å². The van der Waals surface area contributed by atoms with E-state index in [4.69, 9.17) is 9.47 Å². The summed E-state index contributed by atoms with van der Waals surface area (Å²) in [6, 6.07) is 0. The second kappa shape index (κ2) is 9.69. The fraction of sp³-hybridized carbons (Fsp3) is 0.833. The van der Waals surface area contributed by atoms with Crippen molar-refractivity contribution in [3.05, 3.63) is 0 Å². The summed E-state index contributed by atoms with van der Waals surface area (Å²) < 4.78 is 43.4. The van der Waals surface area contributed by atoms with Crippen molar-refractivity contribution >= 4 is 38.2 Å². The Bertz CT molecular complexity index is 508. The molecular formula is C12H25NaO7SSi2. The molecule has 1 unspecified atom stereocenters. The Morgan fingerprint density at radius 1 is 0.957 bits per heavy atom. The van der Waals surface area contributed by atoms with Gasteiger partial charge >= 0.3 is 41.5 Å². The average molecular weight is 393 g/mol. The molecule has 0 N–H and O–H groups in total. The molecule has 0 bridgehead atoms. The minimum atomic E-state index is -4.98. The van der Waals surface area contributed by atoms with Crippen LogP contribution in [0.25, 0.3) is 0 Å². The third-order valence-electron chi connectivity index (χ3n) is 2.28. The molecule has 0 spiro atoms. The van der Waals surface area contributed by atoms with E-state index in [9.17, 15) is 22.6 Å². The Labute approximate surface area is 162 Å². The van der Waals surface area contributed by atoms with Crippen molar-refractivity contribution in [1.82, 2.24) is 0 Å². The molecule has 1 atom stereocenters. The molecule has 0 radical (unpaired) electrons. The van der Waals surface area contributed by atoms with Crippen LogP contribution in [0.4, 0.5) is 0 Å². The van der Waals surface area contributed by atoms with Gasteiger partial charge in [0.05, 0.1) is 35.0 Å². The SMILES string of the molecule is C[Si](C)(C)COC(=O)CC(C(=O)OC[Si](C)(C)C)S(=O)(=O)[O-].[Na+]. The van der Waals surface area contributed by atoms with Crippen LogP contribution in [0.3, 0.4) is 0 Å². The molecule has 0 heterocycles. The fourth-order valence-corrected chi connectivity index (χ4v) is 3.00. The Kier molecular flexibility index (Phi) is 10.7. The fourth-order valence-electron chi connectivity index (χ4n) is 1.19. The van der Waals surface area contributed by atoms with Gasteiger partial charge in [-0.05, 0) is 0 Å². The Morgan fingerprint density at radius 2 is 1.35 bits per heavy atom. The Balaban J connectivity index is 0. The van der Waals surface area contributed by atoms with E-state index in [0.717, 1.165) is 0 Å². The number of hydrogen-bond acceptors (Lipinski definition) is 7. The first-order chi connectivity index (χ1) is 9.62. The van der Waals surface area contributed by atoms with Crippen molar-refractivity contribution in [1.29, 1.82) is 0 Å². The van der Waals surface area contributed by atoms with Crippen molar-refractivity contribution in [2.45, 2.75) is 51.0 Å². The number of esters is 2. The predicted octanol–water partition coefficient (Wildman–Crippen LogP) is -1.86. The first kappa shape index (κ1) is 25.5. The molecule has 0 fully saturated rings. The molecule has 0 saturated carbocycles. The van der Waals surface area contributed by atoms with Crippen molar-refractivity contribution in [2.75, 3.05) is 12.5 Å². The molecule has 0 aliphatic heterocycles. The van der Waals surface area contributed by atoms with Crippen LogP contribution < -0.4 is 29.6 Å². The molecule has 130 valence electrons. The van der Waals surface area contributed by atoms with Gasteiger partial charge in [-0.1, -0.05) is 39.3 Å². The van der Waals surface area contributed by atoms with Crippen LogP contribution in [0.15, 0.2) is 0 Å². The molecule has 0 aliphatic rings. The third kappa shape index (κ3) is 13.3. The monoisotopic (exact) mass is 392 g/mol. The first-order valence-corrected chi connectivity index (χ1v) is 15.8. The van der Waals surface area contributed by atoms with E-state index in [1.54, 1.807) is 0 Å². The van der Waals surface area contributed by atoms with Crippen molar-refractivity contribution in [3.63, 3.8) is 0 Å². The molecule has 11 heteroatoms. The summed E-state index contributed by atoms with van der Waals surface area (Å²) >= 11 is 0. The van der Waals surface area contributed by atoms with Gasteiger partial charge in [-0.3, -0.25) is 9.59 Å². The number of ether oxygens (including phenoxy) is 2. The second-order valence-electron chi connectivity index (χ2n) is 7.58. The zero-order valence-electron chi connectivity index (χ0n) is 15.0. The summed E-state index contributed by atoms with van der Waals surface area (Å²) in [5.41, 5.74) is 0. The van der Waals surface area contributed by atoms with Crippen molar-refractivity contribution in [2.24, 2.45) is 0 Å². The molecule has 0 amide bonds. The molecular weight excluding hydrogens is 367 g/mol. The van der Waals surface area contributed by atoms with Crippen LogP contribution >= 0.6 is 0 Å². The minimum Gasteiger partial charge on any atom is -0.747 e. The van der Waals surface area contributed by atoms with Crippen LogP contribution in [0.1, 0.15) is 6.42 Å². The maximum atomic E-state index is 11.8. The van der Waals surface area contributed by atoms with E-state index in [1.807, 2.05) is 39.3 Å². The molecule has 0 aliphatic carbocycles. The largest absolute Gasteiger partial charge is 1.00 e. The molecule has 7 nitrogen and oxygen atoms in total. The topological polar surface area (TPSA) is 110 Å². The zero-order chi connectivity index (χ0) is 17.8. The summed E-state index contributed by atoms with van der Waals surface area (Å²) in [4.78, 5) is 23.4. The standard InChI is InChI=1S/C12H26O7SSi2.Na/c1-21(2,3)8-18-11(13)7-10(20(15,16)17)12(14)19-9-22(4,5)6;/h10H,7-9H2,1-6H3,(H,15,16,17);/q;+1/p-1. The Morgan fingerprint density at radius 3 is 1.70 bits per heavy atom.